The monoisotopic (exact) mass is 425 g/mol. The van der Waals surface area contributed by atoms with Crippen molar-refractivity contribution in [3.8, 4) is 0 Å². The molecule has 8 heteroatoms. The summed E-state index contributed by atoms with van der Waals surface area (Å²) in [4.78, 5) is 17.5. The van der Waals surface area contributed by atoms with Crippen LogP contribution in [-0.2, 0) is 27.7 Å². The zero-order valence-electron chi connectivity index (χ0n) is 17.1. The number of rotatable bonds is 6. The largest absolute Gasteiger partial charge is 0.385 e. The molecule has 0 radical (unpaired) electrons. The van der Waals surface area contributed by atoms with E-state index in [-0.39, 0.29) is 30.0 Å². The van der Waals surface area contributed by atoms with Gasteiger partial charge in [0.25, 0.3) is 5.91 Å². The molecule has 0 saturated heterocycles. The highest BCUT2D eigenvalue weighted by atomic mass is 32.2. The van der Waals surface area contributed by atoms with Gasteiger partial charge in [0.1, 0.15) is 5.82 Å². The smallest absolute Gasteiger partial charge is 0.257 e. The Morgan fingerprint density at radius 3 is 2.25 bits per heavy atom. The summed E-state index contributed by atoms with van der Waals surface area (Å²) in [5, 5.41) is 16.1. The minimum absolute atomic E-state index is 0.0751. The fraction of sp³-hybridized carbons (Fsp3) is 0.500. The average molecular weight is 426 g/mol. The van der Waals surface area contributed by atoms with Gasteiger partial charge in [-0.05, 0) is 54.5 Å². The van der Waals surface area contributed by atoms with E-state index in [1.807, 2.05) is 27.7 Å². The minimum atomic E-state index is -1.19. The molecule has 2 rings (SSSR count). The Balaban J connectivity index is 2.34. The molecule has 3 N–H and O–H groups in total. The van der Waals surface area contributed by atoms with E-state index in [1.165, 1.54) is 23.5 Å². The van der Waals surface area contributed by atoms with Crippen LogP contribution in [0.5, 0.6) is 0 Å². The highest BCUT2D eigenvalue weighted by Gasteiger charge is 2.21. The third kappa shape index (κ3) is 5.53. The maximum Gasteiger partial charge on any atom is 0.257 e. The fourth-order valence-electron chi connectivity index (χ4n) is 2.88. The quantitative estimate of drug-likeness (QED) is 0.710. The van der Waals surface area contributed by atoms with E-state index in [4.69, 9.17) is 5.14 Å². The number of amides is 1. The lowest BCUT2D eigenvalue weighted by Crippen LogP contribution is -2.13. The van der Waals surface area contributed by atoms with Crippen LogP contribution < -0.4 is 5.14 Å². The van der Waals surface area contributed by atoms with Crippen molar-refractivity contribution in [3.05, 3.63) is 45.7 Å². The Morgan fingerprint density at radius 2 is 1.82 bits per heavy atom. The van der Waals surface area contributed by atoms with Crippen LogP contribution in [0, 0.1) is 5.82 Å². The molecule has 1 aromatic heterocycles. The number of hydrogen-bond acceptors (Lipinski definition) is 4. The number of nitrogens with zero attached hydrogens (tertiary/aromatic N) is 2. The summed E-state index contributed by atoms with van der Waals surface area (Å²) in [5.74, 6) is -0.483. The number of nitrogens with two attached hydrogens (primary N) is 1. The van der Waals surface area contributed by atoms with Gasteiger partial charge in [0.05, 0.1) is 16.9 Å². The molecule has 1 amide bonds. The fourth-order valence-corrected chi connectivity index (χ4v) is 4.78. The SMILES string of the molecule is CC(C)c1cc(F)cc(C(C)C)c1CC(=O)/N=S(/N)c1ncc(C(C)(C)O)s1. The van der Waals surface area contributed by atoms with E-state index in [0.717, 1.165) is 16.7 Å². The topological polar surface area (TPSA) is 88.6 Å². The molecule has 1 heterocycles. The van der Waals surface area contributed by atoms with Crippen LogP contribution in [0.3, 0.4) is 0 Å². The zero-order valence-corrected chi connectivity index (χ0v) is 18.7. The van der Waals surface area contributed by atoms with E-state index >= 15 is 0 Å². The number of aromatic nitrogens is 1. The first kappa shape index (κ1) is 22.8. The number of halogens is 1. The van der Waals surface area contributed by atoms with E-state index in [2.05, 4.69) is 9.35 Å². The molecule has 0 spiro atoms. The van der Waals surface area contributed by atoms with Crippen LogP contribution in [0.25, 0.3) is 0 Å². The summed E-state index contributed by atoms with van der Waals surface area (Å²) in [6.07, 6.45) is 1.63. The Bertz CT molecular complexity index is 870. The van der Waals surface area contributed by atoms with Crippen LogP contribution in [0.1, 0.15) is 74.9 Å². The Morgan fingerprint density at radius 1 is 1.29 bits per heavy atom. The van der Waals surface area contributed by atoms with E-state index in [0.29, 0.717) is 9.22 Å². The van der Waals surface area contributed by atoms with Crippen LogP contribution in [0.4, 0.5) is 4.39 Å². The molecule has 1 aromatic carbocycles. The molecule has 2 aromatic rings. The number of benzene rings is 1. The number of carbonyl (C=O) groups excluding carboxylic acids is 1. The summed E-state index contributed by atoms with van der Waals surface area (Å²) in [6.45, 7) is 11.2. The molecule has 0 aliphatic carbocycles. The Kier molecular flexibility index (Phi) is 7.25. The maximum absolute atomic E-state index is 14.0. The number of hydrogen-bond donors (Lipinski definition) is 2. The van der Waals surface area contributed by atoms with E-state index < -0.39 is 16.5 Å². The van der Waals surface area contributed by atoms with Crippen molar-refractivity contribution < 1.29 is 14.3 Å². The highest BCUT2D eigenvalue weighted by molar-refractivity contribution is 7.87. The van der Waals surface area contributed by atoms with Crippen molar-refractivity contribution in [2.75, 3.05) is 0 Å². The highest BCUT2D eigenvalue weighted by Crippen LogP contribution is 2.30. The van der Waals surface area contributed by atoms with Crippen molar-refractivity contribution in [3.63, 3.8) is 0 Å². The predicted octanol–water partition coefficient (Wildman–Crippen LogP) is 4.56. The molecule has 0 aliphatic rings. The molecule has 0 bridgehead atoms. The van der Waals surface area contributed by atoms with Gasteiger partial charge in [-0.1, -0.05) is 27.7 Å². The lowest BCUT2D eigenvalue weighted by molar-refractivity contribution is -0.117. The van der Waals surface area contributed by atoms with Gasteiger partial charge in [-0.25, -0.2) is 9.37 Å². The average Bonchev–Trinajstić information content (AvgIpc) is 3.06. The first-order valence-corrected chi connectivity index (χ1v) is 11.2. The van der Waals surface area contributed by atoms with Gasteiger partial charge >= 0.3 is 0 Å². The molecule has 28 heavy (non-hydrogen) atoms. The number of carbonyl (C=O) groups is 1. The lowest BCUT2D eigenvalue weighted by Gasteiger charge is -2.19. The van der Waals surface area contributed by atoms with Crippen LogP contribution in [-0.4, -0.2) is 16.0 Å². The standard InChI is InChI=1S/C20H28FN3O2S2/c1-11(2)14-7-13(21)8-15(12(3)4)16(14)9-18(25)24-28(22)19-23-10-17(27-19)20(5,6)26/h7-8,10-12,26H,9H2,1-6H3,(H2,22,24,25). The zero-order chi connectivity index (χ0) is 21.2. The van der Waals surface area contributed by atoms with Gasteiger partial charge in [-0.2, -0.15) is 4.36 Å². The lowest BCUT2D eigenvalue weighted by atomic mass is 9.87. The second-order valence-electron chi connectivity index (χ2n) is 7.90. The summed E-state index contributed by atoms with van der Waals surface area (Å²) >= 11 is 1.24. The van der Waals surface area contributed by atoms with Gasteiger partial charge in [-0.15, -0.1) is 11.3 Å². The molecule has 1 atom stereocenters. The molecule has 0 aliphatic heterocycles. The molecule has 1 unspecified atom stereocenters. The van der Waals surface area contributed by atoms with Gasteiger partial charge < -0.3 is 5.11 Å². The minimum Gasteiger partial charge on any atom is -0.385 e. The van der Waals surface area contributed by atoms with Crippen molar-refractivity contribution in [2.45, 2.75) is 69.7 Å². The van der Waals surface area contributed by atoms with E-state index in [9.17, 15) is 14.3 Å². The summed E-state index contributed by atoms with van der Waals surface area (Å²) in [6, 6.07) is 3.00. The van der Waals surface area contributed by atoms with Gasteiger partial charge in [0.2, 0.25) is 0 Å². The normalized spacial score (nSPS) is 13.5. The van der Waals surface area contributed by atoms with Gasteiger partial charge in [0, 0.05) is 17.1 Å². The van der Waals surface area contributed by atoms with Crippen LogP contribution >= 0.6 is 11.3 Å². The van der Waals surface area contributed by atoms with Gasteiger partial charge in [-0.3, -0.25) is 9.93 Å². The van der Waals surface area contributed by atoms with Gasteiger partial charge in [0.15, 0.2) is 4.34 Å². The third-order valence-corrected chi connectivity index (χ3v) is 7.05. The Hall–Kier alpha value is -1.48. The van der Waals surface area contributed by atoms with Crippen molar-refractivity contribution in [1.82, 2.24) is 4.98 Å². The first-order valence-electron chi connectivity index (χ1n) is 9.14. The van der Waals surface area contributed by atoms with Crippen molar-refractivity contribution >= 4 is 28.1 Å². The number of aliphatic hydroxyl groups is 1. The maximum atomic E-state index is 14.0. The summed E-state index contributed by atoms with van der Waals surface area (Å²) in [7, 11) is -1.19. The predicted molar refractivity (Wildman–Crippen MR) is 113 cm³/mol. The second kappa shape index (κ2) is 8.90. The van der Waals surface area contributed by atoms with Crippen LogP contribution in [0.2, 0.25) is 0 Å². The van der Waals surface area contributed by atoms with Crippen LogP contribution in [0.15, 0.2) is 27.0 Å². The molecule has 154 valence electrons. The first-order chi connectivity index (χ1) is 12.9. The van der Waals surface area contributed by atoms with Crippen molar-refractivity contribution in [1.29, 1.82) is 0 Å². The third-order valence-electron chi connectivity index (χ3n) is 4.32. The molecular weight excluding hydrogens is 397 g/mol. The molecular formula is C20H28FN3O2S2. The summed E-state index contributed by atoms with van der Waals surface area (Å²) in [5.41, 5.74) is 1.45. The summed E-state index contributed by atoms with van der Waals surface area (Å²) < 4.78 is 18.6. The molecule has 0 saturated carbocycles. The van der Waals surface area contributed by atoms with E-state index in [1.54, 1.807) is 20.0 Å². The molecule has 0 fully saturated rings. The second-order valence-corrected chi connectivity index (χ2v) is 10.4. The van der Waals surface area contributed by atoms with Crippen molar-refractivity contribution in [2.24, 2.45) is 9.50 Å². The molecule has 5 nitrogen and oxygen atoms in total. The Labute approximate surface area is 172 Å². The number of thiazole rings is 1.